The third-order valence-corrected chi connectivity index (χ3v) is 3.63. The lowest BCUT2D eigenvalue weighted by Gasteiger charge is -2.33. The summed E-state index contributed by atoms with van der Waals surface area (Å²) >= 11 is 0. The van der Waals surface area contributed by atoms with Gasteiger partial charge in [0.2, 0.25) is 0 Å². The van der Waals surface area contributed by atoms with E-state index in [2.05, 4.69) is 5.16 Å². The van der Waals surface area contributed by atoms with Crippen LogP contribution in [0.5, 0.6) is 0 Å². The molecule has 1 atom stereocenters. The smallest absolute Gasteiger partial charge is 0.293 e. The number of nitrogens with zero attached hydrogens (tertiary/aromatic N) is 3. The Labute approximate surface area is 121 Å². The largest absolute Gasteiger partial charge is 0.409 e. The van der Waals surface area contributed by atoms with Gasteiger partial charge >= 0.3 is 0 Å². The van der Waals surface area contributed by atoms with E-state index in [9.17, 15) is 10.1 Å². The molecule has 0 spiro atoms. The summed E-state index contributed by atoms with van der Waals surface area (Å²) in [7, 11) is 1.64. The van der Waals surface area contributed by atoms with Crippen molar-refractivity contribution in [2.24, 2.45) is 10.9 Å². The molecule has 0 amide bonds. The lowest BCUT2D eigenvalue weighted by Crippen LogP contribution is -2.39. The first-order valence-corrected chi connectivity index (χ1v) is 6.61. The molecule has 2 rings (SSSR count). The second-order valence-electron chi connectivity index (χ2n) is 4.89. The van der Waals surface area contributed by atoms with Crippen LogP contribution in [0.25, 0.3) is 0 Å². The molecule has 1 fully saturated rings. The van der Waals surface area contributed by atoms with Gasteiger partial charge in [-0.15, -0.1) is 0 Å². The quantitative estimate of drug-likeness (QED) is 0.284. The van der Waals surface area contributed by atoms with Crippen molar-refractivity contribution in [3.63, 3.8) is 0 Å². The number of methoxy groups -OCH3 is 1. The highest BCUT2D eigenvalue weighted by Crippen LogP contribution is 2.31. The third kappa shape index (κ3) is 3.22. The van der Waals surface area contributed by atoms with Crippen LogP contribution in [-0.4, -0.2) is 42.3 Å². The van der Waals surface area contributed by atoms with Crippen LogP contribution in [0.15, 0.2) is 23.4 Å². The lowest BCUT2D eigenvalue weighted by atomic mass is 10.1. The Morgan fingerprint density at radius 1 is 1.62 bits per heavy atom. The number of amidine groups is 1. The first-order valence-electron chi connectivity index (χ1n) is 6.61. The first-order chi connectivity index (χ1) is 10.1. The molecule has 8 heteroatoms. The Bertz CT molecular complexity index is 561. The summed E-state index contributed by atoms with van der Waals surface area (Å²) in [4.78, 5) is 12.8. The standard InChI is InChI=1S/C13H18N4O4/c1-21-10-3-2-6-16(8-10)11-5-4-9(13(14)15-18)7-12(11)17(19)20/h4-5,7,10,18H,2-3,6,8H2,1H3,(H2,14,15). The van der Waals surface area contributed by atoms with E-state index in [1.165, 1.54) is 6.07 Å². The average molecular weight is 294 g/mol. The number of ether oxygens (including phenoxy) is 1. The maximum Gasteiger partial charge on any atom is 0.293 e. The summed E-state index contributed by atoms with van der Waals surface area (Å²) in [5.74, 6) is -0.155. The van der Waals surface area contributed by atoms with Crippen molar-refractivity contribution >= 4 is 17.2 Å². The fourth-order valence-corrected chi connectivity index (χ4v) is 2.50. The van der Waals surface area contributed by atoms with Crippen molar-refractivity contribution < 1.29 is 14.9 Å². The van der Waals surface area contributed by atoms with Gasteiger partial charge in [-0.25, -0.2) is 0 Å². The van der Waals surface area contributed by atoms with E-state index < -0.39 is 4.92 Å². The van der Waals surface area contributed by atoms with Gasteiger partial charge in [0.05, 0.1) is 11.0 Å². The van der Waals surface area contributed by atoms with Gasteiger partial charge in [-0.05, 0) is 25.0 Å². The number of oxime groups is 1. The summed E-state index contributed by atoms with van der Waals surface area (Å²) in [5.41, 5.74) is 6.26. The van der Waals surface area contributed by atoms with E-state index >= 15 is 0 Å². The predicted molar refractivity (Wildman–Crippen MR) is 77.9 cm³/mol. The van der Waals surface area contributed by atoms with Crippen molar-refractivity contribution in [3.8, 4) is 0 Å². The fraction of sp³-hybridized carbons (Fsp3) is 0.462. The zero-order valence-electron chi connectivity index (χ0n) is 11.7. The molecule has 1 aliphatic heterocycles. The predicted octanol–water partition coefficient (Wildman–Crippen LogP) is 1.30. The molecule has 21 heavy (non-hydrogen) atoms. The Morgan fingerprint density at radius 3 is 3.00 bits per heavy atom. The second-order valence-corrected chi connectivity index (χ2v) is 4.89. The van der Waals surface area contributed by atoms with E-state index in [1.54, 1.807) is 19.2 Å². The second kappa shape index (κ2) is 6.40. The minimum atomic E-state index is -0.458. The number of piperidine rings is 1. The van der Waals surface area contributed by atoms with Gasteiger partial charge in [0, 0.05) is 31.8 Å². The molecule has 1 saturated heterocycles. The maximum atomic E-state index is 11.3. The van der Waals surface area contributed by atoms with E-state index in [4.69, 9.17) is 15.7 Å². The molecule has 1 aromatic rings. The monoisotopic (exact) mass is 294 g/mol. The molecule has 3 N–H and O–H groups in total. The summed E-state index contributed by atoms with van der Waals surface area (Å²) in [6, 6.07) is 4.55. The van der Waals surface area contributed by atoms with E-state index in [0.29, 0.717) is 17.8 Å². The van der Waals surface area contributed by atoms with Crippen molar-refractivity contribution in [3.05, 3.63) is 33.9 Å². The zero-order valence-corrected chi connectivity index (χ0v) is 11.7. The SMILES string of the molecule is COC1CCCN(c2ccc(/C(N)=N/O)cc2[N+](=O)[O-])C1. The van der Waals surface area contributed by atoms with Gasteiger partial charge < -0.3 is 20.6 Å². The van der Waals surface area contributed by atoms with Gasteiger partial charge in [0.25, 0.3) is 5.69 Å². The fourth-order valence-electron chi connectivity index (χ4n) is 2.50. The highest BCUT2D eigenvalue weighted by molar-refractivity contribution is 5.98. The number of nitro benzene ring substituents is 1. The Hall–Kier alpha value is -2.35. The van der Waals surface area contributed by atoms with Crippen LogP contribution in [0.3, 0.4) is 0 Å². The van der Waals surface area contributed by atoms with Crippen LogP contribution in [0.1, 0.15) is 18.4 Å². The van der Waals surface area contributed by atoms with Gasteiger partial charge in [-0.3, -0.25) is 10.1 Å². The highest BCUT2D eigenvalue weighted by atomic mass is 16.6. The average Bonchev–Trinajstić information content (AvgIpc) is 2.53. The van der Waals surface area contributed by atoms with Crippen LogP contribution < -0.4 is 10.6 Å². The van der Waals surface area contributed by atoms with Crippen LogP contribution in [0.4, 0.5) is 11.4 Å². The molecule has 114 valence electrons. The first kappa shape index (κ1) is 15.0. The molecular weight excluding hydrogens is 276 g/mol. The van der Waals surface area contributed by atoms with Gasteiger partial charge in [-0.2, -0.15) is 0 Å². The molecule has 1 heterocycles. The third-order valence-electron chi connectivity index (χ3n) is 3.63. The number of anilines is 1. The summed E-state index contributed by atoms with van der Waals surface area (Å²) in [6.45, 7) is 1.35. The number of rotatable bonds is 4. The molecule has 8 nitrogen and oxygen atoms in total. The highest BCUT2D eigenvalue weighted by Gasteiger charge is 2.26. The van der Waals surface area contributed by atoms with E-state index in [0.717, 1.165) is 19.4 Å². The van der Waals surface area contributed by atoms with Gasteiger partial charge in [-0.1, -0.05) is 5.16 Å². The minimum Gasteiger partial charge on any atom is -0.409 e. The van der Waals surface area contributed by atoms with Crippen molar-refractivity contribution in [2.45, 2.75) is 18.9 Å². The van der Waals surface area contributed by atoms with Crippen molar-refractivity contribution in [2.75, 3.05) is 25.1 Å². The minimum absolute atomic E-state index is 0.0594. The number of nitro groups is 1. The van der Waals surface area contributed by atoms with Crippen LogP contribution in [0.2, 0.25) is 0 Å². The van der Waals surface area contributed by atoms with E-state index in [-0.39, 0.29) is 17.6 Å². The molecule has 1 aromatic carbocycles. The summed E-state index contributed by atoms with van der Waals surface area (Å²) in [5, 5.41) is 22.8. The van der Waals surface area contributed by atoms with Crippen LogP contribution in [-0.2, 0) is 4.74 Å². The van der Waals surface area contributed by atoms with E-state index in [1.807, 2.05) is 4.90 Å². The topological polar surface area (TPSA) is 114 Å². The number of hydrogen-bond acceptors (Lipinski definition) is 6. The molecule has 0 bridgehead atoms. The number of nitrogens with two attached hydrogens (primary N) is 1. The molecule has 0 aromatic heterocycles. The molecule has 1 aliphatic rings. The molecule has 1 unspecified atom stereocenters. The zero-order chi connectivity index (χ0) is 15.4. The molecular formula is C13H18N4O4. The van der Waals surface area contributed by atoms with Gasteiger partial charge in [0.1, 0.15) is 5.69 Å². The van der Waals surface area contributed by atoms with Crippen LogP contribution in [0, 0.1) is 10.1 Å². The summed E-state index contributed by atoms with van der Waals surface area (Å²) in [6.07, 6.45) is 1.93. The lowest BCUT2D eigenvalue weighted by molar-refractivity contribution is -0.384. The Kier molecular flexibility index (Phi) is 4.59. The molecule has 0 saturated carbocycles. The van der Waals surface area contributed by atoms with Crippen molar-refractivity contribution in [1.29, 1.82) is 0 Å². The Morgan fingerprint density at radius 2 is 2.38 bits per heavy atom. The summed E-state index contributed by atoms with van der Waals surface area (Å²) < 4.78 is 5.34. The number of hydrogen-bond donors (Lipinski definition) is 2. The Balaban J connectivity index is 2.36. The normalized spacial score (nSPS) is 19.6. The molecule has 0 radical (unpaired) electrons. The maximum absolute atomic E-state index is 11.3. The number of benzene rings is 1. The van der Waals surface area contributed by atoms with Crippen molar-refractivity contribution in [1.82, 2.24) is 0 Å². The van der Waals surface area contributed by atoms with Crippen LogP contribution >= 0.6 is 0 Å². The molecule has 0 aliphatic carbocycles. The van der Waals surface area contributed by atoms with Gasteiger partial charge in [0.15, 0.2) is 5.84 Å².